The molecule has 10 nitrogen and oxygen atoms in total. The molecule has 1 amide bonds. The third-order valence-corrected chi connectivity index (χ3v) is 8.96. The van der Waals surface area contributed by atoms with Gasteiger partial charge in [0.25, 0.3) is 5.91 Å². The SMILES string of the molecule is CN(C)[C@@H]1C(O)=C(C(N)=O)C(=O)[C@@]2(O)C(O)=C3C(=O)c4c(O)ccc(C5=CCN(CCC(F)(F)F)CC5)c4C[C@H]3C[C@@H]12. The number of allylic oxidation sites excluding steroid dienone is 1. The number of aliphatic hydroxyl groups is 3. The molecule has 0 saturated heterocycles. The van der Waals surface area contributed by atoms with Crippen LogP contribution in [0.2, 0.25) is 0 Å². The summed E-state index contributed by atoms with van der Waals surface area (Å²) in [6, 6.07) is 1.87. The Labute approximate surface area is 239 Å². The summed E-state index contributed by atoms with van der Waals surface area (Å²) in [5.74, 6) is -7.21. The van der Waals surface area contributed by atoms with Crippen molar-refractivity contribution < 1.29 is 48.0 Å². The Morgan fingerprint density at radius 1 is 1.19 bits per heavy atom. The molecule has 0 unspecified atom stereocenters. The molecule has 1 aromatic rings. The highest BCUT2D eigenvalue weighted by Gasteiger charge is 2.63. The van der Waals surface area contributed by atoms with Gasteiger partial charge in [-0.1, -0.05) is 12.1 Å². The Balaban J connectivity index is 1.56. The molecule has 1 aromatic carbocycles. The summed E-state index contributed by atoms with van der Waals surface area (Å²) >= 11 is 0. The third kappa shape index (κ3) is 4.59. The molecule has 1 heterocycles. The van der Waals surface area contributed by atoms with E-state index in [1.165, 1.54) is 11.0 Å². The summed E-state index contributed by atoms with van der Waals surface area (Å²) in [5, 5.41) is 44.7. The summed E-state index contributed by atoms with van der Waals surface area (Å²) in [4.78, 5) is 42.5. The number of alkyl halides is 3. The van der Waals surface area contributed by atoms with Gasteiger partial charge in [-0.15, -0.1) is 0 Å². The van der Waals surface area contributed by atoms with Crippen LogP contribution >= 0.6 is 0 Å². The summed E-state index contributed by atoms with van der Waals surface area (Å²) in [5.41, 5.74) is 3.34. The van der Waals surface area contributed by atoms with E-state index in [0.717, 1.165) is 5.57 Å². The van der Waals surface area contributed by atoms with Crippen molar-refractivity contribution >= 4 is 23.0 Å². The first-order chi connectivity index (χ1) is 19.6. The maximum absolute atomic E-state index is 13.9. The Morgan fingerprint density at radius 3 is 2.45 bits per heavy atom. The number of carbonyl (C=O) groups is 3. The van der Waals surface area contributed by atoms with Crippen LogP contribution in [0.25, 0.3) is 5.57 Å². The molecule has 6 N–H and O–H groups in total. The van der Waals surface area contributed by atoms with Crippen molar-refractivity contribution in [2.75, 3.05) is 33.7 Å². The second-order valence-corrected chi connectivity index (χ2v) is 11.6. The van der Waals surface area contributed by atoms with Gasteiger partial charge < -0.3 is 26.2 Å². The number of phenolic OH excluding ortho intramolecular Hbond substituents is 1. The Morgan fingerprint density at radius 2 is 1.88 bits per heavy atom. The molecule has 0 fully saturated rings. The van der Waals surface area contributed by atoms with E-state index in [0.29, 0.717) is 24.1 Å². The van der Waals surface area contributed by atoms with Gasteiger partial charge in [0.1, 0.15) is 22.8 Å². The van der Waals surface area contributed by atoms with Crippen LogP contribution in [0.1, 0.15) is 40.7 Å². The second kappa shape index (κ2) is 10.2. The lowest BCUT2D eigenvalue weighted by atomic mass is 9.58. The molecule has 13 heteroatoms. The van der Waals surface area contributed by atoms with Gasteiger partial charge in [0.05, 0.1) is 18.0 Å². The van der Waals surface area contributed by atoms with Crippen molar-refractivity contribution in [2.24, 2.45) is 17.6 Å². The van der Waals surface area contributed by atoms with Gasteiger partial charge in [-0.25, -0.2) is 0 Å². The van der Waals surface area contributed by atoms with Crippen LogP contribution in [0.15, 0.2) is 40.9 Å². The van der Waals surface area contributed by atoms with E-state index in [1.807, 2.05) is 0 Å². The van der Waals surface area contributed by atoms with Gasteiger partial charge in [-0.3, -0.25) is 24.2 Å². The molecule has 4 atom stereocenters. The van der Waals surface area contributed by atoms with Crippen LogP contribution < -0.4 is 5.73 Å². The zero-order chi connectivity index (χ0) is 30.9. The van der Waals surface area contributed by atoms with Crippen LogP contribution in [0, 0.1) is 11.8 Å². The molecule has 0 bridgehead atoms. The normalized spacial score (nSPS) is 28.5. The Hall–Kier alpha value is -3.68. The molecule has 0 saturated carbocycles. The third-order valence-electron chi connectivity index (χ3n) is 8.96. The number of benzene rings is 1. The van der Waals surface area contributed by atoms with Gasteiger partial charge in [-0.2, -0.15) is 13.2 Å². The van der Waals surface area contributed by atoms with Crippen molar-refractivity contribution in [3.63, 3.8) is 0 Å². The molecule has 4 aliphatic rings. The number of aliphatic hydroxyl groups excluding tert-OH is 2. The minimum Gasteiger partial charge on any atom is -0.510 e. The van der Waals surface area contributed by atoms with Crippen LogP contribution in [0.5, 0.6) is 5.75 Å². The lowest BCUT2D eigenvalue weighted by Crippen LogP contribution is -2.63. The summed E-state index contributed by atoms with van der Waals surface area (Å²) < 4.78 is 38.0. The van der Waals surface area contributed by atoms with Gasteiger partial charge in [0.15, 0.2) is 11.4 Å². The number of carbonyl (C=O) groups excluding carboxylic acids is 3. The fraction of sp³-hybridized carbons (Fsp3) is 0.483. The van der Waals surface area contributed by atoms with E-state index in [-0.39, 0.29) is 42.8 Å². The van der Waals surface area contributed by atoms with Gasteiger partial charge in [0.2, 0.25) is 5.78 Å². The van der Waals surface area contributed by atoms with E-state index in [2.05, 4.69) is 0 Å². The number of ketones is 2. The fourth-order valence-electron chi connectivity index (χ4n) is 7.00. The van der Waals surface area contributed by atoms with Gasteiger partial charge in [0, 0.05) is 31.1 Å². The number of aromatic hydroxyl groups is 1. The maximum Gasteiger partial charge on any atom is 0.390 e. The quantitative estimate of drug-likeness (QED) is 0.323. The number of amides is 1. The monoisotopic (exact) mass is 591 g/mol. The van der Waals surface area contributed by atoms with Crippen LogP contribution in [-0.2, 0) is 16.0 Å². The second-order valence-electron chi connectivity index (χ2n) is 11.6. The smallest absolute Gasteiger partial charge is 0.390 e. The number of fused-ring (bicyclic) bond motifs is 3. The van der Waals surface area contributed by atoms with E-state index < -0.39 is 70.6 Å². The first-order valence-electron chi connectivity index (χ1n) is 13.6. The summed E-state index contributed by atoms with van der Waals surface area (Å²) in [7, 11) is 3.11. The average Bonchev–Trinajstić information content (AvgIpc) is 2.89. The van der Waals surface area contributed by atoms with Crippen LogP contribution in [0.3, 0.4) is 0 Å². The molecule has 3 aliphatic carbocycles. The minimum absolute atomic E-state index is 0.0366. The highest BCUT2D eigenvalue weighted by atomic mass is 19.4. The van der Waals surface area contributed by atoms with Crippen molar-refractivity contribution in [3.8, 4) is 5.75 Å². The van der Waals surface area contributed by atoms with Crippen molar-refractivity contribution in [1.29, 1.82) is 0 Å². The first kappa shape index (κ1) is 29.8. The fourth-order valence-corrected chi connectivity index (χ4v) is 7.00. The van der Waals surface area contributed by atoms with E-state index in [1.54, 1.807) is 31.1 Å². The lowest BCUT2D eigenvalue weighted by Gasteiger charge is -2.50. The highest BCUT2D eigenvalue weighted by molar-refractivity contribution is 6.24. The number of likely N-dealkylation sites (N-methyl/N-ethyl adjacent to an activating group) is 1. The van der Waals surface area contributed by atoms with E-state index in [4.69, 9.17) is 5.73 Å². The molecule has 0 radical (unpaired) electrons. The van der Waals surface area contributed by atoms with Crippen molar-refractivity contribution in [2.45, 2.75) is 43.5 Å². The Bertz CT molecular complexity index is 1480. The number of Topliss-reactive ketones (excluding diaryl/α,β-unsaturated/α-hetero) is 2. The van der Waals surface area contributed by atoms with Gasteiger partial charge in [-0.05, 0) is 62.0 Å². The molecule has 5 rings (SSSR count). The average molecular weight is 592 g/mol. The molecular formula is C29H32F3N3O7. The number of hydrogen-bond donors (Lipinski definition) is 5. The first-order valence-corrected chi connectivity index (χ1v) is 13.6. The molecule has 42 heavy (non-hydrogen) atoms. The largest absolute Gasteiger partial charge is 0.510 e. The topological polar surface area (TPSA) is 165 Å². The highest BCUT2D eigenvalue weighted by Crippen LogP contribution is 2.53. The van der Waals surface area contributed by atoms with Crippen molar-refractivity contribution in [1.82, 2.24) is 9.80 Å². The van der Waals surface area contributed by atoms with Crippen molar-refractivity contribution in [3.05, 3.63) is 57.6 Å². The van der Waals surface area contributed by atoms with E-state index >= 15 is 0 Å². The number of nitrogens with two attached hydrogens (primary N) is 1. The summed E-state index contributed by atoms with van der Waals surface area (Å²) in [6.45, 7) is 0.514. The van der Waals surface area contributed by atoms with Crippen LogP contribution in [-0.4, -0.2) is 99.2 Å². The van der Waals surface area contributed by atoms with Gasteiger partial charge >= 0.3 is 6.18 Å². The standard InChI is InChI=1S/C29H32F3N3O7/c1-34(2)22-17-12-14-11-16-15(13-5-8-35(9-6-13)10-7-28(30,31)32)3-4-18(36)20(16)23(37)19(14)25(39)29(17,42)26(40)21(24(22)38)27(33)41/h3-5,14,17,22,36,38-39,42H,6-12H2,1-2H3,(H2,33,41)/t14-,17-,22-,29-/m0/s1. The number of hydrogen-bond acceptors (Lipinski definition) is 9. The van der Waals surface area contributed by atoms with Crippen LogP contribution in [0.4, 0.5) is 13.2 Å². The zero-order valence-corrected chi connectivity index (χ0v) is 23.0. The molecule has 1 aliphatic heterocycles. The minimum atomic E-state index is -4.26. The number of phenols is 1. The number of rotatable bonds is 5. The molecular weight excluding hydrogens is 559 g/mol. The summed E-state index contributed by atoms with van der Waals surface area (Å²) in [6.07, 6.45) is -2.87. The molecule has 226 valence electrons. The predicted octanol–water partition coefficient (Wildman–Crippen LogP) is 2.16. The number of primary amides is 1. The van der Waals surface area contributed by atoms with E-state index in [9.17, 15) is 48.0 Å². The molecule has 0 spiro atoms. The predicted molar refractivity (Wildman–Crippen MR) is 143 cm³/mol. The number of halogens is 3. The number of nitrogens with zero attached hydrogens (tertiary/aromatic N) is 2. The molecule has 0 aromatic heterocycles. The lowest BCUT2D eigenvalue weighted by molar-refractivity contribution is -0.148. The zero-order valence-electron chi connectivity index (χ0n) is 23.0. The Kier molecular flexibility index (Phi) is 7.27. The maximum atomic E-state index is 13.9.